The zero-order chi connectivity index (χ0) is 14.1. The van der Waals surface area contributed by atoms with E-state index in [1.807, 2.05) is 30.3 Å². The van der Waals surface area contributed by atoms with Crippen LogP contribution in [0.5, 0.6) is 0 Å². The van der Waals surface area contributed by atoms with Crippen molar-refractivity contribution in [3.05, 3.63) is 35.9 Å². The second-order valence-corrected chi connectivity index (χ2v) is 5.91. The smallest absolute Gasteiger partial charge is 0.308 e. The molecule has 106 valence electrons. The number of benzene rings is 1. The molecule has 1 saturated carbocycles. The van der Waals surface area contributed by atoms with Crippen molar-refractivity contribution >= 4 is 11.9 Å². The molecular weight excluding hydrogens is 254 g/mol. The van der Waals surface area contributed by atoms with E-state index in [1.165, 1.54) is 0 Å². The Morgan fingerprint density at radius 3 is 2.45 bits per heavy atom. The Bertz CT molecular complexity index is 510. The minimum Gasteiger partial charge on any atom is -0.481 e. The lowest BCUT2D eigenvalue weighted by molar-refractivity contribution is -0.142. The van der Waals surface area contributed by atoms with E-state index in [4.69, 9.17) is 0 Å². The maximum atomic E-state index is 12.3. The third-order valence-electron chi connectivity index (χ3n) is 4.46. The summed E-state index contributed by atoms with van der Waals surface area (Å²) in [4.78, 5) is 25.4. The zero-order valence-corrected chi connectivity index (χ0v) is 11.4. The summed E-state index contributed by atoms with van der Waals surface area (Å²) in [5, 5.41) is 9.31. The summed E-state index contributed by atoms with van der Waals surface area (Å²) in [5.41, 5.74) is 0.985. The Labute approximate surface area is 118 Å². The highest BCUT2D eigenvalue weighted by molar-refractivity contribution is 5.81. The van der Waals surface area contributed by atoms with Gasteiger partial charge in [-0.25, -0.2) is 0 Å². The molecule has 1 aliphatic carbocycles. The molecule has 2 fully saturated rings. The molecule has 0 bridgehead atoms. The molecular formula is C16H19NO3. The van der Waals surface area contributed by atoms with Crippen LogP contribution in [0.25, 0.3) is 0 Å². The van der Waals surface area contributed by atoms with E-state index in [-0.39, 0.29) is 17.7 Å². The van der Waals surface area contributed by atoms with Crippen molar-refractivity contribution in [2.45, 2.75) is 19.3 Å². The molecule has 4 nitrogen and oxygen atoms in total. The van der Waals surface area contributed by atoms with Crippen LogP contribution in [0.4, 0.5) is 0 Å². The molecule has 1 N–H and O–H groups in total. The highest BCUT2D eigenvalue weighted by atomic mass is 16.4. The summed E-state index contributed by atoms with van der Waals surface area (Å²) in [6, 6.07) is 9.62. The molecule has 4 heteroatoms. The van der Waals surface area contributed by atoms with Crippen molar-refractivity contribution in [2.75, 3.05) is 13.1 Å². The van der Waals surface area contributed by atoms with Gasteiger partial charge >= 0.3 is 5.97 Å². The van der Waals surface area contributed by atoms with Gasteiger partial charge in [0.25, 0.3) is 0 Å². The van der Waals surface area contributed by atoms with E-state index < -0.39 is 5.97 Å². The number of rotatable bonds is 4. The summed E-state index contributed by atoms with van der Waals surface area (Å²) in [7, 11) is 0. The van der Waals surface area contributed by atoms with Crippen LogP contribution in [-0.2, 0) is 16.0 Å². The normalized spacial score (nSPS) is 25.7. The van der Waals surface area contributed by atoms with Gasteiger partial charge in [0.1, 0.15) is 0 Å². The summed E-state index contributed by atoms with van der Waals surface area (Å²) in [6.07, 6.45) is 2.61. The molecule has 20 heavy (non-hydrogen) atoms. The monoisotopic (exact) mass is 273 g/mol. The second kappa shape index (κ2) is 5.27. The third kappa shape index (κ3) is 2.69. The van der Waals surface area contributed by atoms with Gasteiger partial charge in [0, 0.05) is 13.1 Å². The molecule has 3 rings (SSSR count). The number of amides is 1. The summed E-state index contributed by atoms with van der Waals surface area (Å²) >= 11 is 0. The highest BCUT2D eigenvalue weighted by Crippen LogP contribution is 2.44. The van der Waals surface area contributed by atoms with Gasteiger partial charge in [0.05, 0.1) is 12.3 Å². The standard InChI is InChI=1S/C16H19NO3/c18-15(8-11-4-2-1-3-5-11)17-9-13(12-6-7-12)14(10-17)16(19)20/h1-5,12-14H,6-10H2,(H,19,20)/t13-,14+/m1/s1. The average molecular weight is 273 g/mol. The fraction of sp³-hybridized carbons (Fsp3) is 0.500. The molecule has 0 radical (unpaired) electrons. The lowest BCUT2D eigenvalue weighted by atomic mass is 9.92. The van der Waals surface area contributed by atoms with Gasteiger partial charge in [-0.2, -0.15) is 0 Å². The number of likely N-dealkylation sites (tertiary alicyclic amines) is 1. The van der Waals surface area contributed by atoms with Crippen molar-refractivity contribution in [2.24, 2.45) is 17.8 Å². The molecule has 1 aromatic rings. The van der Waals surface area contributed by atoms with Crippen LogP contribution in [0.2, 0.25) is 0 Å². The van der Waals surface area contributed by atoms with Crippen molar-refractivity contribution in [3.8, 4) is 0 Å². The van der Waals surface area contributed by atoms with Crippen molar-refractivity contribution in [1.29, 1.82) is 0 Å². The Hall–Kier alpha value is -1.84. The Morgan fingerprint density at radius 2 is 1.85 bits per heavy atom. The predicted molar refractivity (Wildman–Crippen MR) is 74.1 cm³/mol. The van der Waals surface area contributed by atoms with Gasteiger partial charge < -0.3 is 10.0 Å². The van der Waals surface area contributed by atoms with Crippen LogP contribution in [0.3, 0.4) is 0 Å². The topological polar surface area (TPSA) is 57.6 Å². The van der Waals surface area contributed by atoms with E-state index in [1.54, 1.807) is 4.90 Å². The average Bonchev–Trinajstić information content (AvgIpc) is 3.18. The molecule has 1 aromatic carbocycles. The first-order valence-corrected chi connectivity index (χ1v) is 7.19. The highest BCUT2D eigenvalue weighted by Gasteiger charge is 2.46. The molecule has 1 amide bonds. The van der Waals surface area contributed by atoms with Crippen molar-refractivity contribution < 1.29 is 14.7 Å². The van der Waals surface area contributed by atoms with E-state index in [9.17, 15) is 14.7 Å². The minimum absolute atomic E-state index is 0.0469. The van der Waals surface area contributed by atoms with Crippen LogP contribution in [-0.4, -0.2) is 35.0 Å². The molecule has 1 heterocycles. The fourth-order valence-corrected chi connectivity index (χ4v) is 3.18. The van der Waals surface area contributed by atoms with Crippen LogP contribution in [0.1, 0.15) is 18.4 Å². The summed E-state index contributed by atoms with van der Waals surface area (Å²) < 4.78 is 0. The number of hydrogen-bond acceptors (Lipinski definition) is 2. The number of carboxylic acid groups (broad SMARTS) is 1. The van der Waals surface area contributed by atoms with Gasteiger partial charge in [-0.1, -0.05) is 30.3 Å². The number of hydrogen-bond donors (Lipinski definition) is 1. The molecule has 2 atom stereocenters. The van der Waals surface area contributed by atoms with E-state index in [2.05, 4.69) is 0 Å². The van der Waals surface area contributed by atoms with Gasteiger partial charge in [0.15, 0.2) is 0 Å². The largest absolute Gasteiger partial charge is 0.481 e. The number of carbonyl (C=O) groups excluding carboxylic acids is 1. The summed E-state index contributed by atoms with van der Waals surface area (Å²) in [5.74, 6) is -0.400. The first kappa shape index (κ1) is 13.2. The van der Waals surface area contributed by atoms with Gasteiger partial charge in [-0.15, -0.1) is 0 Å². The number of carboxylic acids is 1. The first-order valence-electron chi connectivity index (χ1n) is 7.19. The van der Waals surface area contributed by atoms with Gasteiger partial charge in [-0.3, -0.25) is 9.59 Å². The fourth-order valence-electron chi connectivity index (χ4n) is 3.18. The second-order valence-electron chi connectivity index (χ2n) is 5.91. The third-order valence-corrected chi connectivity index (χ3v) is 4.46. The van der Waals surface area contributed by atoms with Gasteiger partial charge in [-0.05, 0) is 30.2 Å². The number of aliphatic carboxylic acids is 1. The maximum Gasteiger partial charge on any atom is 0.308 e. The van der Waals surface area contributed by atoms with E-state index >= 15 is 0 Å². The number of nitrogens with zero attached hydrogens (tertiary/aromatic N) is 1. The van der Waals surface area contributed by atoms with Crippen molar-refractivity contribution in [1.82, 2.24) is 4.90 Å². The Kier molecular flexibility index (Phi) is 3.47. The van der Waals surface area contributed by atoms with Crippen LogP contribution in [0.15, 0.2) is 30.3 Å². The van der Waals surface area contributed by atoms with Crippen LogP contribution >= 0.6 is 0 Å². The van der Waals surface area contributed by atoms with Crippen LogP contribution in [0, 0.1) is 17.8 Å². The molecule has 0 spiro atoms. The Morgan fingerprint density at radius 1 is 1.15 bits per heavy atom. The van der Waals surface area contributed by atoms with E-state index in [0.717, 1.165) is 18.4 Å². The maximum absolute atomic E-state index is 12.3. The summed E-state index contributed by atoms with van der Waals surface area (Å²) in [6.45, 7) is 0.996. The first-order chi connectivity index (χ1) is 9.65. The van der Waals surface area contributed by atoms with Crippen LogP contribution < -0.4 is 0 Å². The minimum atomic E-state index is -0.753. The SMILES string of the molecule is O=C(O)[C@H]1CN(C(=O)Cc2ccccc2)C[C@@H]1C1CC1. The van der Waals surface area contributed by atoms with E-state index in [0.29, 0.717) is 25.4 Å². The molecule has 0 aromatic heterocycles. The quantitative estimate of drug-likeness (QED) is 0.910. The molecule has 1 aliphatic heterocycles. The lowest BCUT2D eigenvalue weighted by Crippen LogP contribution is -2.31. The zero-order valence-electron chi connectivity index (χ0n) is 11.4. The molecule has 2 aliphatic rings. The molecule has 1 saturated heterocycles. The number of carbonyl (C=O) groups is 2. The predicted octanol–water partition coefficient (Wildman–Crippen LogP) is 1.80. The lowest BCUT2D eigenvalue weighted by Gasteiger charge is -2.16. The van der Waals surface area contributed by atoms with Crippen molar-refractivity contribution in [3.63, 3.8) is 0 Å². The Balaban J connectivity index is 1.65. The molecule has 0 unspecified atom stereocenters. The van der Waals surface area contributed by atoms with Gasteiger partial charge in [0.2, 0.25) is 5.91 Å².